The highest BCUT2D eigenvalue weighted by molar-refractivity contribution is 5.53. The molecule has 0 spiro atoms. The summed E-state index contributed by atoms with van der Waals surface area (Å²) in [5.74, 6) is 0. The molecule has 2 rings (SSSR count). The van der Waals surface area contributed by atoms with Gasteiger partial charge in [0.2, 0.25) is 0 Å². The number of hydrogen-bond donors (Lipinski definition) is 1. The molecule has 166 valence electrons. The van der Waals surface area contributed by atoms with Crippen LogP contribution >= 0.6 is 0 Å². The minimum absolute atomic E-state index is 0.0960. The maximum absolute atomic E-state index is 9.16. The van der Waals surface area contributed by atoms with Crippen molar-refractivity contribution >= 4 is 5.70 Å². The van der Waals surface area contributed by atoms with Gasteiger partial charge >= 0.3 is 0 Å². The van der Waals surface area contributed by atoms with Crippen molar-refractivity contribution in [3.05, 3.63) is 108 Å². The number of aromatic nitrogens is 2. The standard InChI is InChI=1S/C28H34N4/c1-8-21(3)26-10-9-11-27(14-13-26)25(7)31-24(6)22(4)12-15-28(16-20(2)17-29)32-19-30-18-23(32)5/h9,11,13-15,18-19,25,31H,2-4,6,8,10,12,16H2,1,5,7H3/b28-15-/t25-/m0/s1. The lowest BCUT2D eigenvalue weighted by atomic mass is 10.0. The molecule has 0 aliphatic heterocycles. The lowest BCUT2D eigenvalue weighted by molar-refractivity contribution is 0.710. The first-order chi connectivity index (χ1) is 15.3. The second-order valence-corrected chi connectivity index (χ2v) is 8.07. The van der Waals surface area contributed by atoms with E-state index in [1.54, 1.807) is 12.5 Å². The Hall–Kier alpha value is -3.58. The number of imidazole rings is 1. The zero-order valence-electron chi connectivity index (χ0n) is 19.6. The Bertz CT molecular complexity index is 1060. The Kier molecular flexibility index (Phi) is 9.04. The van der Waals surface area contributed by atoms with Crippen molar-refractivity contribution in [3.63, 3.8) is 0 Å². The second-order valence-electron chi connectivity index (χ2n) is 8.07. The Morgan fingerprint density at radius 1 is 1.31 bits per heavy atom. The maximum Gasteiger partial charge on any atom is 0.0991 e. The van der Waals surface area contributed by atoms with Crippen LogP contribution in [-0.4, -0.2) is 15.6 Å². The van der Waals surface area contributed by atoms with Gasteiger partial charge in [0.1, 0.15) is 0 Å². The van der Waals surface area contributed by atoms with Crippen LogP contribution in [0.4, 0.5) is 0 Å². The van der Waals surface area contributed by atoms with Crippen molar-refractivity contribution in [2.75, 3.05) is 0 Å². The average Bonchev–Trinajstić information content (AvgIpc) is 3.05. The van der Waals surface area contributed by atoms with E-state index in [9.17, 15) is 0 Å². The van der Waals surface area contributed by atoms with E-state index in [-0.39, 0.29) is 6.04 Å². The molecule has 0 radical (unpaired) electrons. The number of hydrogen-bond acceptors (Lipinski definition) is 3. The van der Waals surface area contributed by atoms with Crippen LogP contribution in [0.1, 0.15) is 45.2 Å². The molecule has 4 heteroatoms. The fourth-order valence-corrected chi connectivity index (χ4v) is 3.41. The van der Waals surface area contributed by atoms with Crippen molar-refractivity contribution in [2.24, 2.45) is 0 Å². The van der Waals surface area contributed by atoms with Gasteiger partial charge in [-0.25, -0.2) is 4.98 Å². The normalized spacial score (nSPS) is 14.5. The summed E-state index contributed by atoms with van der Waals surface area (Å²) in [6.07, 6.45) is 17.2. The van der Waals surface area contributed by atoms with E-state index in [0.717, 1.165) is 35.5 Å². The molecule has 1 N–H and O–H groups in total. The molecule has 0 amide bonds. The van der Waals surface area contributed by atoms with Gasteiger partial charge in [0, 0.05) is 41.3 Å². The van der Waals surface area contributed by atoms with E-state index in [4.69, 9.17) is 5.26 Å². The SMILES string of the molecule is C=C(C#N)C/C(=C/CC(=C)C(=C)N[C@@H](C)C1=CC=C(C(=C)CC)CC=C1)n1cncc1C. The highest BCUT2D eigenvalue weighted by atomic mass is 15.1. The zero-order chi connectivity index (χ0) is 23.7. The minimum Gasteiger partial charge on any atom is -0.379 e. The van der Waals surface area contributed by atoms with E-state index < -0.39 is 0 Å². The van der Waals surface area contributed by atoms with Gasteiger partial charge in [-0.3, -0.25) is 0 Å². The molecule has 0 aromatic carbocycles. The van der Waals surface area contributed by atoms with Crippen LogP contribution in [0.15, 0.2) is 103 Å². The highest BCUT2D eigenvalue weighted by Gasteiger charge is 2.11. The van der Waals surface area contributed by atoms with Crippen LogP contribution < -0.4 is 5.32 Å². The first-order valence-corrected chi connectivity index (χ1v) is 10.9. The first-order valence-electron chi connectivity index (χ1n) is 10.9. The Labute approximate surface area is 193 Å². The second kappa shape index (κ2) is 11.7. The lowest BCUT2D eigenvalue weighted by Gasteiger charge is -2.19. The van der Waals surface area contributed by atoms with Gasteiger partial charge in [-0.1, -0.05) is 69.2 Å². The summed E-state index contributed by atoms with van der Waals surface area (Å²) in [5.41, 5.74) is 7.80. The summed E-state index contributed by atoms with van der Waals surface area (Å²) in [6, 6.07) is 2.22. The number of rotatable bonds is 11. The molecular formula is C28H34N4. The molecule has 1 aromatic heterocycles. The third-order valence-electron chi connectivity index (χ3n) is 5.59. The molecule has 0 saturated carbocycles. The van der Waals surface area contributed by atoms with Crippen LogP contribution in [0.25, 0.3) is 5.70 Å². The minimum atomic E-state index is 0.0960. The van der Waals surface area contributed by atoms with E-state index in [2.05, 4.69) is 86.9 Å². The summed E-state index contributed by atoms with van der Waals surface area (Å²) in [6.45, 7) is 22.6. The molecule has 32 heavy (non-hydrogen) atoms. The van der Waals surface area contributed by atoms with Crippen LogP contribution in [0, 0.1) is 18.3 Å². The fourth-order valence-electron chi connectivity index (χ4n) is 3.41. The molecule has 1 aromatic rings. The average molecular weight is 427 g/mol. The number of nitrogens with zero attached hydrogens (tertiary/aromatic N) is 3. The van der Waals surface area contributed by atoms with Gasteiger partial charge in [0.25, 0.3) is 0 Å². The summed E-state index contributed by atoms with van der Waals surface area (Å²) in [7, 11) is 0. The molecule has 4 nitrogen and oxygen atoms in total. The molecular weight excluding hydrogens is 392 g/mol. The van der Waals surface area contributed by atoms with Gasteiger partial charge in [-0.15, -0.1) is 0 Å². The summed E-state index contributed by atoms with van der Waals surface area (Å²) >= 11 is 0. The molecule has 0 unspecified atom stereocenters. The molecule has 0 bridgehead atoms. The third kappa shape index (κ3) is 6.72. The van der Waals surface area contributed by atoms with Gasteiger partial charge < -0.3 is 9.88 Å². The lowest BCUT2D eigenvalue weighted by Crippen LogP contribution is -2.27. The topological polar surface area (TPSA) is 53.6 Å². The maximum atomic E-state index is 9.16. The Morgan fingerprint density at radius 3 is 2.69 bits per heavy atom. The van der Waals surface area contributed by atoms with Crippen molar-refractivity contribution in [3.8, 4) is 6.07 Å². The Balaban J connectivity index is 2.07. The van der Waals surface area contributed by atoms with Crippen LogP contribution in [0.2, 0.25) is 0 Å². The summed E-state index contributed by atoms with van der Waals surface area (Å²) < 4.78 is 1.98. The molecule has 1 heterocycles. The smallest absolute Gasteiger partial charge is 0.0991 e. The Morgan fingerprint density at radius 2 is 2.06 bits per heavy atom. The molecule has 0 saturated heterocycles. The number of nitriles is 1. The molecule has 1 atom stereocenters. The van der Waals surface area contributed by atoms with E-state index in [1.165, 1.54) is 16.7 Å². The van der Waals surface area contributed by atoms with Crippen molar-refractivity contribution in [2.45, 2.75) is 52.5 Å². The van der Waals surface area contributed by atoms with Gasteiger partial charge in [0.15, 0.2) is 0 Å². The van der Waals surface area contributed by atoms with E-state index in [1.807, 2.05) is 11.5 Å². The predicted molar refractivity (Wildman–Crippen MR) is 135 cm³/mol. The van der Waals surface area contributed by atoms with Crippen LogP contribution in [0.3, 0.4) is 0 Å². The summed E-state index contributed by atoms with van der Waals surface area (Å²) in [5, 5.41) is 12.6. The van der Waals surface area contributed by atoms with Crippen molar-refractivity contribution in [1.82, 2.24) is 14.9 Å². The van der Waals surface area contributed by atoms with Crippen molar-refractivity contribution < 1.29 is 0 Å². The quantitative estimate of drug-likeness (QED) is 0.316. The highest BCUT2D eigenvalue weighted by Crippen LogP contribution is 2.23. The third-order valence-corrected chi connectivity index (χ3v) is 5.59. The predicted octanol–water partition coefficient (Wildman–Crippen LogP) is 6.72. The molecule has 1 aliphatic carbocycles. The molecule has 1 aliphatic rings. The largest absolute Gasteiger partial charge is 0.379 e. The van der Waals surface area contributed by atoms with Crippen molar-refractivity contribution in [1.29, 1.82) is 5.26 Å². The number of nitrogens with one attached hydrogen (secondary N) is 1. The summed E-state index contributed by atoms with van der Waals surface area (Å²) in [4.78, 5) is 4.19. The van der Waals surface area contributed by atoms with Crippen LogP contribution in [0.5, 0.6) is 0 Å². The van der Waals surface area contributed by atoms with Crippen LogP contribution in [-0.2, 0) is 0 Å². The van der Waals surface area contributed by atoms with E-state index >= 15 is 0 Å². The van der Waals surface area contributed by atoms with Gasteiger partial charge in [0.05, 0.1) is 12.4 Å². The fraction of sp³-hybridized carbons (Fsp3) is 0.286. The zero-order valence-corrected chi connectivity index (χ0v) is 19.6. The van der Waals surface area contributed by atoms with E-state index in [0.29, 0.717) is 18.4 Å². The molecule has 0 fully saturated rings. The monoisotopic (exact) mass is 426 g/mol. The van der Waals surface area contributed by atoms with Gasteiger partial charge in [-0.05, 0) is 49.8 Å². The first kappa shape index (κ1) is 24.7. The number of aryl methyl sites for hydroxylation is 1. The van der Waals surface area contributed by atoms with Gasteiger partial charge in [-0.2, -0.15) is 5.26 Å². The number of allylic oxidation sites excluding steroid dienone is 9.